The van der Waals surface area contributed by atoms with Gasteiger partial charge < -0.3 is 4.74 Å². The molecule has 0 spiro atoms. The molecule has 0 saturated heterocycles. The van der Waals surface area contributed by atoms with E-state index >= 15 is 0 Å². The van der Waals surface area contributed by atoms with Crippen molar-refractivity contribution in [2.45, 2.75) is 20.2 Å². The average Bonchev–Trinajstić information content (AvgIpc) is 3.42. The largest absolute Gasteiger partial charge is 0.464 e. The summed E-state index contributed by atoms with van der Waals surface area (Å²) in [4.78, 5) is 26.9. The second-order valence-electron chi connectivity index (χ2n) is 7.09. The van der Waals surface area contributed by atoms with Gasteiger partial charge in [0, 0.05) is 18.3 Å². The molecule has 4 rings (SSSR count). The van der Waals surface area contributed by atoms with Crippen LogP contribution in [0.25, 0.3) is 0 Å². The average molecular weight is 451 g/mol. The summed E-state index contributed by atoms with van der Waals surface area (Å²) < 4.78 is 21.6. The molecule has 0 fully saturated rings. The maximum absolute atomic E-state index is 13.4. The Kier molecular flexibility index (Phi) is 6.06. The van der Waals surface area contributed by atoms with Crippen LogP contribution in [0.2, 0.25) is 0 Å². The first-order valence-corrected chi connectivity index (χ1v) is 9.74. The van der Waals surface area contributed by atoms with Gasteiger partial charge in [0.2, 0.25) is 11.7 Å². The molecule has 0 saturated carbocycles. The van der Waals surface area contributed by atoms with Crippen LogP contribution < -0.4 is 10.1 Å². The van der Waals surface area contributed by atoms with Gasteiger partial charge in [-0.2, -0.15) is 5.10 Å². The second-order valence-corrected chi connectivity index (χ2v) is 7.09. The first-order valence-electron chi connectivity index (χ1n) is 9.74. The molecule has 2 heterocycles. The smallest absolute Gasteiger partial charge is 0.311 e. The number of nitrogens with one attached hydrogen (secondary N) is 1. The third-order valence-corrected chi connectivity index (χ3v) is 4.53. The molecule has 0 aliphatic heterocycles. The highest BCUT2D eigenvalue weighted by Gasteiger charge is 2.17. The highest BCUT2D eigenvalue weighted by molar-refractivity contribution is 6.01. The molecule has 0 bridgehead atoms. The van der Waals surface area contributed by atoms with E-state index in [1.165, 1.54) is 23.3 Å². The lowest BCUT2D eigenvalue weighted by Gasteiger charge is -2.06. The Morgan fingerprint density at radius 2 is 2.03 bits per heavy atom. The molecule has 0 atom stereocenters. The lowest BCUT2D eigenvalue weighted by Crippen LogP contribution is -2.15. The zero-order valence-electron chi connectivity index (χ0n) is 17.4. The molecule has 0 aliphatic carbocycles. The molecular formula is C21H18FN7O4. The van der Waals surface area contributed by atoms with Crippen LogP contribution in [0.15, 0.2) is 61.1 Å². The van der Waals surface area contributed by atoms with Crippen molar-refractivity contribution >= 4 is 17.5 Å². The number of nitrogens with zero attached hydrogens (tertiary/aromatic N) is 6. The predicted molar refractivity (Wildman–Crippen MR) is 114 cm³/mol. The summed E-state index contributed by atoms with van der Waals surface area (Å²) in [5.74, 6) is -1.34. The van der Waals surface area contributed by atoms with Crippen LogP contribution in [0.4, 0.5) is 16.0 Å². The number of carbonyl (C=O) groups is 1. The van der Waals surface area contributed by atoms with Crippen molar-refractivity contribution in [2.75, 3.05) is 5.32 Å². The van der Waals surface area contributed by atoms with Crippen LogP contribution in [0.5, 0.6) is 5.75 Å². The lowest BCUT2D eigenvalue weighted by molar-refractivity contribution is -0.386. The molecular weight excluding hydrogens is 433 g/mol. The molecule has 4 aromatic rings. The molecule has 33 heavy (non-hydrogen) atoms. The Hall–Kier alpha value is -4.61. The van der Waals surface area contributed by atoms with Crippen LogP contribution >= 0.6 is 0 Å². The van der Waals surface area contributed by atoms with Crippen molar-refractivity contribution in [2.24, 2.45) is 0 Å². The maximum Gasteiger partial charge on any atom is 0.311 e. The number of rotatable bonds is 8. The molecule has 0 unspecified atom stereocenters. The van der Waals surface area contributed by atoms with Crippen LogP contribution in [0, 0.1) is 22.9 Å². The van der Waals surface area contributed by atoms with E-state index in [0.29, 0.717) is 6.54 Å². The molecule has 2 aromatic heterocycles. The number of benzene rings is 2. The maximum atomic E-state index is 13.4. The lowest BCUT2D eigenvalue weighted by atomic mass is 10.1. The van der Waals surface area contributed by atoms with Gasteiger partial charge in [0.05, 0.1) is 11.5 Å². The Morgan fingerprint density at radius 3 is 2.82 bits per heavy atom. The summed E-state index contributed by atoms with van der Waals surface area (Å²) in [6.45, 7) is 2.24. The Morgan fingerprint density at radius 1 is 1.18 bits per heavy atom. The minimum absolute atomic E-state index is 0.0578. The number of aromatic nitrogens is 5. The van der Waals surface area contributed by atoms with Gasteiger partial charge in [-0.25, -0.2) is 18.7 Å². The SMILES string of the molecule is Cc1cccc(Cn2cnc(NC(=O)c3ccn(COc4cc(F)ccc4[N+](=O)[O-])n3)n2)c1. The predicted octanol–water partition coefficient (Wildman–Crippen LogP) is 3.17. The van der Waals surface area contributed by atoms with Crippen LogP contribution in [-0.4, -0.2) is 35.4 Å². The zero-order chi connectivity index (χ0) is 23.4. The van der Waals surface area contributed by atoms with Crippen molar-refractivity contribution in [1.29, 1.82) is 0 Å². The minimum Gasteiger partial charge on any atom is -0.464 e. The van der Waals surface area contributed by atoms with Gasteiger partial charge in [-0.05, 0) is 24.6 Å². The number of nitro benzene ring substituents is 1. The zero-order valence-corrected chi connectivity index (χ0v) is 17.4. The van der Waals surface area contributed by atoms with Crippen LogP contribution in [-0.2, 0) is 13.3 Å². The van der Waals surface area contributed by atoms with Gasteiger partial charge in [-0.1, -0.05) is 29.8 Å². The normalized spacial score (nSPS) is 10.7. The fourth-order valence-corrected chi connectivity index (χ4v) is 3.04. The van der Waals surface area contributed by atoms with E-state index in [-0.39, 0.29) is 29.8 Å². The first-order chi connectivity index (χ1) is 15.9. The molecule has 1 N–H and O–H groups in total. The summed E-state index contributed by atoms with van der Waals surface area (Å²) in [5.41, 5.74) is 1.86. The Balaban J connectivity index is 1.36. The van der Waals surface area contributed by atoms with Gasteiger partial charge in [-0.3, -0.25) is 20.2 Å². The van der Waals surface area contributed by atoms with Crippen molar-refractivity contribution in [3.63, 3.8) is 0 Å². The summed E-state index contributed by atoms with van der Waals surface area (Å²) in [5, 5.41) is 21.9. The number of anilines is 1. The summed E-state index contributed by atoms with van der Waals surface area (Å²) in [7, 11) is 0. The number of carbonyl (C=O) groups excluding carboxylic acids is 1. The van der Waals surface area contributed by atoms with E-state index in [0.717, 1.165) is 29.3 Å². The van der Waals surface area contributed by atoms with Gasteiger partial charge in [0.1, 0.15) is 12.1 Å². The number of amides is 1. The van der Waals surface area contributed by atoms with Crippen molar-refractivity contribution in [1.82, 2.24) is 24.5 Å². The van der Waals surface area contributed by atoms with Gasteiger partial charge >= 0.3 is 5.69 Å². The van der Waals surface area contributed by atoms with E-state index in [9.17, 15) is 19.3 Å². The quantitative estimate of drug-likeness (QED) is 0.322. The highest BCUT2D eigenvalue weighted by Crippen LogP contribution is 2.27. The van der Waals surface area contributed by atoms with Crippen LogP contribution in [0.1, 0.15) is 21.6 Å². The van der Waals surface area contributed by atoms with E-state index in [1.54, 1.807) is 4.68 Å². The van der Waals surface area contributed by atoms with Gasteiger partial charge in [0.25, 0.3) is 5.91 Å². The summed E-state index contributed by atoms with van der Waals surface area (Å²) >= 11 is 0. The standard InChI is InChI=1S/C21H18FN7O4/c1-14-3-2-4-15(9-14)11-28-12-23-21(26-28)24-20(30)17-7-8-27(25-17)13-33-19-10-16(22)5-6-18(19)29(31)32/h2-10,12H,11,13H2,1H3,(H,24,26,30). The second kappa shape index (κ2) is 9.26. The summed E-state index contributed by atoms with van der Waals surface area (Å²) in [6, 6.07) is 12.3. The van der Waals surface area contributed by atoms with Crippen molar-refractivity contribution < 1.29 is 18.8 Å². The van der Waals surface area contributed by atoms with Crippen LogP contribution in [0.3, 0.4) is 0 Å². The highest BCUT2D eigenvalue weighted by atomic mass is 19.1. The van der Waals surface area contributed by atoms with Crippen molar-refractivity contribution in [3.8, 4) is 5.75 Å². The fraction of sp³-hybridized carbons (Fsp3) is 0.143. The Labute approximate surface area is 186 Å². The molecule has 0 aliphatic rings. The molecule has 11 nitrogen and oxygen atoms in total. The number of hydrogen-bond donors (Lipinski definition) is 1. The number of ether oxygens (including phenoxy) is 1. The van der Waals surface area contributed by atoms with E-state index in [1.807, 2.05) is 31.2 Å². The van der Waals surface area contributed by atoms with Crippen molar-refractivity contribution in [3.05, 3.63) is 93.8 Å². The molecule has 0 radical (unpaired) electrons. The topological polar surface area (TPSA) is 130 Å². The van der Waals surface area contributed by atoms with Gasteiger partial charge in [-0.15, -0.1) is 5.10 Å². The summed E-state index contributed by atoms with van der Waals surface area (Å²) in [6.07, 6.45) is 2.96. The Bertz CT molecular complexity index is 1320. The van der Waals surface area contributed by atoms with Gasteiger partial charge in [0.15, 0.2) is 12.4 Å². The molecule has 1 amide bonds. The van der Waals surface area contributed by atoms with E-state index < -0.39 is 16.6 Å². The number of hydrogen-bond acceptors (Lipinski definition) is 7. The molecule has 2 aromatic carbocycles. The minimum atomic E-state index is -0.679. The molecule has 12 heteroatoms. The fourth-order valence-electron chi connectivity index (χ4n) is 3.04. The number of nitro groups is 1. The number of aryl methyl sites for hydroxylation is 1. The van der Waals surface area contributed by atoms with E-state index in [2.05, 4.69) is 20.5 Å². The monoisotopic (exact) mass is 451 g/mol. The first kappa shape index (κ1) is 21.6. The third kappa shape index (κ3) is 5.36. The third-order valence-electron chi connectivity index (χ3n) is 4.53. The van der Waals surface area contributed by atoms with E-state index in [4.69, 9.17) is 4.74 Å². The number of halogens is 1. The molecule has 168 valence electrons.